The number of benzene rings is 1. The maximum absolute atomic E-state index is 11.7. The number of urea groups is 1. The van der Waals surface area contributed by atoms with Gasteiger partial charge in [-0.25, -0.2) is 9.59 Å². The van der Waals surface area contributed by atoms with Crippen LogP contribution in [-0.2, 0) is 4.79 Å². The Morgan fingerprint density at radius 3 is 2.53 bits per heavy atom. The lowest BCUT2D eigenvalue weighted by Gasteiger charge is -2.13. The molecule has 1 atom stereocenters. The van der Waals surface area contributed by atoms with Gasteiger partial charge in [-0.05, 0) is 25.1 Å². The smallest absolute Gasteiger partial charge is 0.335 e. The van der Waals surface area contributed by atoms with Gasteiger partial charge in [0.25, 0.3) is 0 Å². The van der Waals surface area contributed by atoms with E-state index in [1.165, 1.54) is 25.1 Å². The molecule has 8 heteroatoms. The number of carboxylic acids is 1. The Bertz CT molecular complexity index is 533. The van der Waals surface area contributed by atoms with E-state index in [0.29, 0.717) is 0 Å². The summed E-state index contributed by atoms with van der Waals surface area (Å²) >= 11 is 5.84. The van der Waals surface area contributed by atoms with Gasteiger partial charge in [-0.15, -0.1) is 0 Å². The van der Waals surface area contributed by atoms with Crippen LogP contribution in [0.4, 0.5) is 10.5 Å². The van der Waals surface area contributed by atoms with Crippen molar-refractivity contribution >= 4 is 35.2 Å². The molecule has 0 aliphatic heterocycles. The van der Waals surface area contributed by atoms with Gasteiger partial charge in [-0.1, -0.05) is 11.6 Å². The van der Waals surface area contributed by atoms with E-state index in [9.17, 15) is 14.4 Å². The lowest BCUT2D eigenvalue weighted by molar-refractivity contribution is -0.117. The maximum atomic E-state index is 11.7. The topological polar surface area (TPSA) is 122 Å². The monoisotopic (exact) mass is 285 g/mol. The molecule has 0 aromatic heterocycles. The summed E-state index contributed by atoms with van der Waals surface area (Å²) in [5.74, 6) is -1.71. The van der Waals surface area contributed by atoms with Crippen molar-refractivity contribution in [2.45, 2.75) is 13.0 Å². The van der Waals surface area contributed by atoms with Crippen LogP contribution in [0.1, 0.15) is 17.3 Å². The molecule has 0 fully saturated rings. The molecule has 1 aromatic carbocycles. The van der Waals surface area contributed by atoms with Crippen LogP contribution in [0.25, 0.3) is 0 Å². The summed E-state index contributed by atoms with van der Waals surface area (Å²) in [4.78, 5) is 33.1. The Kier molecular flexibility index (Phi) is 4.71. The molecule has 1 aromatic rings. The molecule has 3 amide bonds. The zero-order valence-electron chi connectivity index (χ0n) is 9.94. The van der Waals surface area contributed by atoms with Crippen LogP contribution in [0.3, 0.4) is 0 Å². The number of nitrogens with two attached hydrogens (primary N) is 1. The van der Waals surface area contributed by atoms with Crippen LogP contribution >= 0.6 is 11.6 Å². The molecule has 0 saturated carbocycles. The fourth-order valence-electron chi connectivity index (χ4n) is 1.27. The average Bonchev–Trinajstić information content (AvgIpc) is 2.30. The third-order valence-electron chi connectivity index (χ3n) is 2.22. The molecular formula is C11H12ClN3O4. The predicted molar refractivity (Wildman–Crippen MR) is 69.2 cm³/mol. The van der Waals surface area contributed by atoms with E-state index in [4.69, 9.17) is 22.4 Å². The molecule has 19 heavy (non-hydrogen) atoms. The number of nitrogens with one attached hydrogen (secondary N) is 2. The molecule has 1 rings (SSSR count). The molecule has 0 aliphatic carbocycles. The number of hydrogen-bond acceptors (Lipinski definition) is 3. The largest absolute Gasteiger partial charge is 0.478 e. The highest BCUT2D eigenvalue weighted by molar-refractivity contribution is 6.34. The molecule has 0 heterocycles. The molecule has 0 spiro atoms. The van der Waals surface area contributed by atoms with E-state index in [0.717, 1.165) is 0 Å². The Labute approximate surface area is 113 Å². The number of anilines is 1. The Hall–Kier alpha value is -2.28. The first-order valence-electron chi connectivity index (χ1n) is 5.21. The summed E-state index contributed by atoms with van der Waals surface area (Å²) in [6, 6.07) is 2.17. The number of amides is 3. The molecule has 0 bridgehead atoms. The van der Waals surface area contributed by atoms with Crippen LogP contribution in [0.15, 0.2) is 18.2 Å². The number of carbonyl (C=O) groups is 3. The normalized spacial score (nSPS) is 11.5. The molecule has 102 valence electrons. The number of halogens is 1. The van der Waals surface area contributed by atoms with Crippen molar-refractivity contribution < 1.29 is 19.5 Å². The van der Waals surface area contributed by atoms with E-state index in [1.54, 1.807) is 0 Å². The van der Waals surface area contributed by atoms with Crippen LogP contribution in [0.2, 0.25) is 5.02 Å². The molecule has 5 N–H and O–H groups in total. The average molecular weight is 286 g/mol. The summed E-state index contributed by atoms with van der Waals surface area (Å²) < 4.78 is 0. The Balaban J connectivity index is 2.86. The number of aromatic carboxylic acids is 1. The fraction of sp³-hybridized carbons (Fsp3) is 0.182. The first-order valence-corrected chi connectivity index (χ1v) is 5.58. The molecule has 1 unspecified atom stereocenters. The molecule has 0 radical (unpaired) electrons. The minimum Gasteiger partial charge on any atom is -0.478 e. The van der Waals surface area contributed by atoms with Gasteiger partial charge in [-0.3, -0.25) is 4.79 Å². The van der Waals surface area contributed by atoms with E-state index < -0.39 is 23.9 Å². The summed E-state index contributed by atoms with van der Waals surface area (Å²) in [7, 11) is 0. The number of carboxylic acid groups (broad SMARTS) is 1. The van der Waals surface area contributed by atoms with Crippen LogP contribution in [-0.4, -0.2) is 29.1 Å². The third kappa shape index (κ3) is 4.14. The van der Waals surface area contributed by atoms with Crippen molar-refractivity contribution in [3.63, 3.8) is 0 Å². The van der Waals surface area contributed by atoms with Crippen LogP contribution in [0, 0.1) is 0 Å². The Morgan fingerprint density at radius 1 is 1.37 bits per heavy atom. The van der Waals surface area contributed by atoms with Gasteiger partial charge in [0.05, 0.1) is 16.3 Å². The maximum Gasteiger partial charge on any atom is 0.335 e. The van der Waals surface area contributed by atoms with Crippen molar-refractivity contribution in [1.29, 1.82) is 0 Å². The quantitative estimate of drug-likeness (QED) is 0.660. The van der Waals surface area contributed by atoms with Crippen molar-refractivity contribution in [3.05, 3.63) is 28.8 Å². The molecule has 0 aliphatic rings. The van der Waals surface area contributed by atoms with Crippen molar-refractivity contribution in [2.75, 3.05) is 5.32 Å². The molecular weight excluding hydrogens is 274 g/mol. The van der Waals surface area contributed by atoms with Gasteiger partial charge in [0.15, 0.2) is 0 Å². The van der Waals surface area contributed by atoms with Gasteiger partial charge in [0.1, 0.15) is 6.04 Å². The minimum absolute atomic E-state index is 0.0183. The SMILES string of the molecule is CC(NC(N)=O)C(=O)Nc1cc(C(=O)O)ccc1Cl. The zero-order chi connectivity index (χ0) is 14.6. The van der Waals surface area contributed by atoms with E-state index in [1.807, 2.05) is 0 Å². The predicted octanol–water partition coefficient (Wildman–Crippen LogP) is 1.03. The Morgan fingerprint density at radius 2 is 2.00 bits per heavy atom. The standard InChI is InChI=1S/C11H12ClN3O4/c1-5(14-11(13)19)9(16)15-8-4-6(10(17)18)2-3-7(8)12/h2-5H,1H3,(H,15,16)(H,17,18)(H3,13,14,19). The highest BCUT2D eigenvalue weighted by Crippen LogP contribution is 2.23. The molecule has 0 saturated heterocycles. The van der Waals surface area contributed by atoms with Crippen molar-refractivity contribution in [2.24, 2.45) is 5.73 Å². The van der Waals surface area contributed by atoms with E-state index in [2.05, 4.69) is 10.6 Å². The van der Waals surface area contributed by atoms with Gasteiger partial charge in [0.2, 0.25) is 5.91 Å². The second kappa shape index (κ2) is 6.05. The lowest BCUT2D eigenvalue weighted by Crippen LogP contribution is -2.44. The number of primary amides is 1. The first kappa shape index (κ1) is 14.8. The highest BCUT2D eigenvalue weighted by Gasteiger charge is 2.16. The first-order chi connectivity index (χ1) is 8.81. The summed E-state index contributed by atoms with van der Waals surface area (Å²) in [5, 5.41) is 13.6. The van der Waals surface area contributed by atoms with Crippen molar-refractivity contribution in [1.82, 2.24) is 5.32 Å². The number of carbonyl (C=O) groups excluding carboxylic acids is 2. The van der Waals surface area contributed by atoms with Crippen LogP contribution in [0.5, 0.6) is 0 Å². The second-order valence-electron chi connectivity index (χ2n) is 3.72. The van der Waals surface area contributed by atoms with Crippen molar-refractivity contribution in [3.8, 4) is 0 Å². The zero-order valence-corrected chi connectivity index (χ0v) is 10.7. The number of hydrogen-bond donors (Lipinski definition) is 4. The van der Waals surface area contributed by atoms with Gasteiger partial charge in [0, 0.05) is 0 Å². The summed E-state index contributed by atoms with van der Waals surface area (Å²) in [6.45, 7) is 1.43. The summed E-state index contributed by atoms with van der Waals surface area (Å²) in [5.41, 5.74) is 5.01. The lowest BCUT2D eigenvalue weighted by atomic mass is 10.2. The number of rotatable bonds is 4. The minimum atomic E-state index is -1.14. The summed E-state index contributed by atoms with van der Waals surface area (Å²) in [6.07, 6.45) is 0. The van der Waals surface area contributed by atoms with E-state index in [-0.39, 0.29) is 16.3 Å². The second-order valence-corrected chi connectivity index (χ2v) is 4.13. The van der Waals surface area contributed by atoms with Gasteiger partial charge >= 0.3 is 12.0 Å². The van der Waals surface area contributed by atoms with Gasteiger partial charge < -0.3 is 21.5 Å². The molecule has 7 nitrogen and oxygen atoms in total. The van der Waals surface area contributed by atoms with Gasteiger partial charge in [-0.2, -0.15) is 0 Å². The van der Waals surface area contributed by atoms with Crippen LogP contribution < -0.4 is 16.4 Å². The third-order valence-corrected chi connectivity index (χ3v) is 2.55. The highest BCUT2D eigenvalue weighted by atomic mass is 35.5. The van der Waals surface area contributed by atoms with E-state index >= 15 is 0 Å². The fourth-order valence-corrected chi connectivity index (χ4v) is 1.44.